The molecule has 6 aromatic carbocycles. The molecule has 1 aliphatic heterocycles. The van der Waals surface area contributed by atoms with Crippen molar-refractivity contribution in [3.05, 3.63) is 139 Å². The summed E-state index contributed by atoms with van der Waals surface area (Å²) in [6.45, 7) is 5.67. The van der Waals surface area contributed by atoms with Crippen LogP contribution in [0.5, 0.6) is 0 Å². The standard InChI is InChI=1S/C40H30N2S/c1-40(2)25-41(36-13-7-5-11-34(36)40)28-19-15-26(16-20-28)27-17-21-29(22-18-27)42-35-12-6-3-9-30(35)32-24-39-33(23-37(32)42)31-10-4-8-14-38(31)43-39/h3-24H,25H2,1-2H3. The van der Waals surface area contributed by atoms with Gasteiger partial charge in [-0.1, -0.05) is 92.7 Å². The number of fused-ring (bicyclic) bond motifs is 7. The molecule has 2 aromatic heterocycles. The van der Waals surface area contributed by atoms with Crippen LogP contribution in [-0.2, 0) is 5.41 Å². The van der Waals surface area contributed by atoms with Gasteiger partial charge >= 0.3 is 0 Å². The Kier molecular flexibility index (Phi) is 5.21. The second-order valence-electron chi connectivity index (χ2n) is 12.4. The fourth-order valence-corrected chi connectivity index (χ4v) is 8.31. The van der Waals surface area contributed by atoms with E-state index in [4.69, 9.17) is 0 Å². The number of rotatable bonds is 3. The first kappa shape index (κ1) is 24.7. The zero-order valence-electron chi connectivity index (χ0n) is 24.2. The number of aromatic nitrogens is 1. The Bertz CT molecular complexity index is 2340. The van der Waals surface area contributed by atoms with E-state index < -0.39 is 0 Å². The van der Waals surface area contributed by atoms with Crippen LogP contribution in [0.4, 0.5) is 11.4 Å². The Morgan fingerprint density at radius 1 is 0.535 bits per heavy atom. The molecule has 0 atom stereocenters. The fourth-order valence-electron chi connectivity index (χ4n) is 7.18. The van der Waals surface area contributed by atoms with Gasteiger partial charge in [0.25, 0.3) is 0 Å². The van der Waals surface area contributed by atoms with Gasteiger partial charge in [-0.05, 0) is 71.3 Å². The molecule has 0 saturated carbocycles. The number of para-hydroxylation sites is 2. The van der Waals surface area contributed by atoms with Crippen molar-refractivity contribution < 1.29 is 0 Å². The molecule has 0 N–H and O–H groups in total. The van der Waals surface area contributed by atoms with Crippen molar-refractivity contribution >= 4 is 64.7 Å². The molecule has 2 nitrogen and oxygen atoms in total. The van der Waals surface area contributed by atoms with Crippen molar-refractivity contribution in [2.75, 3.05) is 11.4 Å². The highest BCUT2D eigenvalue weighted by Gasteiger charge is 2.35. The topological polar surface area (TPSA) is 8.17 Å². The van der Waals surface area contributed by atoms with Gasteiger partial charge in [-0.2, -0.15) is 0 Å². The van der Waals surface area contributed by atoms with Crippen molar-refractivity contribution in [2.24, 2.45) is 0 Å². The summed E-state index contributed by atoms with van der Waals surface area (Å²) in [5.74, 6) is 0. The smallest absolute Gasteiger partial charge is 0.0548 e. The summed E-state index contributed by atoms with van der Waals surface area (Å²) in [5, 5.41) is 5.27. The summed E-state index contributed by atoms with van der Waals surface area (Å²) in [7, 11) is 0. The number of nitrogens with zero attached hydrogens (tertiary/aromatic N) is 2. The molecule has 0 saturated heterocycles. The fraction of sp³-hybridized carbons (Fsp3) is 0.100. The lowest BCUT2D eigenvalue weighted by Crippen LogP contribution is -2.24. The van der Waals surface area contributed by atoms with Crippen molar-refractivity contribution in [1.29, 1.82) is 0 Å². The first-order chi connectivity index (χ1) is 21.0. The first-order valence-electron chi connectivity index (χ1n) is 15.0. The maximum Gasteiger partial charge on any atom is 0.0548 e. The molecule has 8 aromatic rings. The summed E-state index contributed by atoms with van der Waals surface area (Å²) in [5.41, 5.74) is 10.3. The molecule has 1 aliphatic rings. The normalized spacial score (nSPS) is 14.3. The molecule has 43 heavy (non-hydrogen) atoms. The van der Waals surface area contributed by atoms with Crippen LogP contribution in [0.25, 0.3) is 58.8 Å². The quantitative estimate of drug-likeness (QED) is 0.205. The Morgan fingerprint density at radius 2 is 1.19 bits per heavy atom. The highest BCUT2D eigenvalue weighted by molar-refractivity contribution is 7.25. The average molecular weight is 571 g/mol. The molecule has 3 heterocycles. The Balaban J connectivity index is 1.11. The summed E-state index contributed by atoms with van der Waals surface area (Å²) >= 11 is 1.88. The Labute approximate surface area is 255 Å². The number of hydrogen-bond donors (Lipinski definition) is 0. The van der Waals surface area contributed by atoms with E-state index in [1.54, 1.807) is 0 Å². The second-order valence-corrected chi connectivity index (χ2v) is 13.5. The van der Waals surface area contributed by atoms with Crippen LogP contribution in [0.1, 0.15) is 19.4 Å². The second kappa shape index (κ2) is 9.07. The summed E-state index contributed by atoms with van der Waals surface area (Å²) in [6.07, 6.45) is 0. The average Bonchev–Trinajstić information content (AvgIpc) is 3.67. The monoisotopic (exact) mass is 570 g/mol. The predicted octanol–water partition coefficient (Wildman–Crippen LogP) is 11.2. The minimum absolute atomic E-state index is 0.139. The van der Waals surface area contributed by atoms with Gasteiger partial charge in [-0.15, -0.1) is 11.3 Å². The van der Waals surface area contributed by atoms with Crippen LogP contribution in [-0.4, -0.2) is 11.1 Å². The van der Waals surface area contributed by atoms with Gasteiger partial charge in [-0.25, -0.2) is 0 Å². The largest absolute Gasteiger partial charge is 0.340 e. The molecule has 0 fully saturated rings. The van der Waals surface area contributed by atoms with Crippen LogP contribution in [0, 0.1) is 0 Å². The third kappa shape index (κ3) is 3.71. The zero-order chi connectivity index (χ0) is 28.7. The minimum Gasteiger partial charge on any atom is -0.340 e. The number of thiophene rings is 1. The predicted molar refractivity (Wildman–Crippen MR) is 186 cm³/mol. The molecule has 0 spiro atoms. The van der Waals surface area contributed by atoms with E-state index >= 15 is 0 Å². The van der Waals surface area contributed by atoms with Crippen LogP contribution in [0.3, 0.4) is 0 Å². The Morgan fingerprint density at radius 3 is 1.98 bits per heavy atom. The van der Waals surface area contributed by atoms with Gasteiger partial charge in [-0.3, -0.25) is 0 Å². The van der Waals surface area contributed by atoms with Crippen molar-refractivity contribution in [3.63, 3.8) is 0 Å². The van der Waals surface area contributed by atoms with Crippen LogP contribution in [0.15, 0.2) is 133 Å². The van der Waals surface area contributed by atoms with Crippen LogP contribution >= 0.6 is 11.3 Å². The lowest BCUT2D eigenvalue weighted by molar-refractivity contribution is 0.569. The van der Waals surface area contributed by atoms with Gasteiger partial charge in [0.1, 0.15) is 0 Å². The van der Waals surface area contributed by atoms with Gasteiger partial charge < -0.3 is 9.47 Å². The number of benzene rings is 6. The van der Waals surface area contributed by atoms with Gasteiger partial charge in [0.2, 0.25) is 0 Å². The highest BCUT2D eigenvalue weighted by atomic mass is 32.1. The molecular formula is C40H30N2S. The van der Waals surface area contributed by atoms with E-state index in [1.165, 1.54) is 75.7 Å². The summed E-state index contributed by atoms with van der Waals surface area (Å²) < 4.78 is 5.11. The van der Waals surface area contributed by atoms with Crippen molar-refractivity contribution in [2.45, 2.75) is 19.3 Å². The molecular weight excluding hydrogens is 541 g/mol. The van der Waals surface area contributed by atoms with E-state index in [1.807, 2.05) is 11.3 Å². The summed E-state index contributed by atoms with van der Waals surface area (Å²) in [6, 6.07) is 49.3. The molecule has 0 aliphatic carbocycles. The molecule has 206 valence electrons. The van der Waals surface area contributed by atoms with E-state index in [0.29, 0.717) is 0 Å². The SMILES string of the molecule is CC1(C)CN(c2ccc(-c3ccc(-n4c5ccccc5c5cc6sc7ccccc7c6cc54)cc3)cc2)c2ccccc21. The lowest BCUT2D eigenvalue weighted by Gasteiger charge is -2.23. The lowest BCUT2D eigenvalue weighted by atomic mass is 9.87. The maximum absolute atomic E-state index is 2.46. The van der Waals surface area contributed by atoms with Gasteiger partial charge in [0, 0.05) is 60.0 Å². The number of anilines is 2. The summed E-state index contributed by atoms with van der Waals surface area (Å²) in [4.78, 5) is 2.46. The third-order valence-electron chi connectivity index (χ3n) is 9.29. The molecule has 9 rings (SSSR count). The van der Waals surface area contributed by atoms with Crippen LogP contribution < -0.4 is 4.90 Å². The molecule has 0 radical (unpaired) electrons. The van der Waals surface area contributed by atoms with E-state index in [-0.39, 0.29) is 5.41 Å². The third-order valence-corrected chi connectivity index (χ3v) is 10.4. The van der Waals surface area contributed by atoms with E-state index in [9.17, 15) is 0 Å². The highest BCUT2D eigenvalue weighted by Crippen LogP contribution is 2.44. The van der Waals surface area contributed by atoms with Crippen molar-refractivity contribution in [3.8, 4) is 16.8 Å². The van der Waals surface area contributed by atoms with Crippen LogP contribution in [0.2, 0.25) is 0 Å². The molecule has 3 heteroatoms. The molecule has 0 amide bonds. The molecule has 0 unspecified atom stereocenters. The minimum atomic E-state index is 0.139. The van der Waals surface area contributed by atoms with Gasteiger partial charge in [0.15, 0.2) is 0 Å². The first-order valence-corrected chi connectivity index (χ1v) is 15.8. The molecule has 0 bridgehead atoms. The van der Waals surface area contributed by atoms with Crippen molar-refractivity contribution in [1.82, 2.24) is 4.57 Å². The van der Waals surface area contributed by atoms with E-state index in [2.05, 4.69) is 157 Å². The maximum atomic E-state index is 2.46. The zero-order valence-corrected chi connectivity index (χ0v) is 25.0. The number of hydrogen-bond acceptors (Lipinski definition) is 2. The van der Waals surface area contributed by atoms with E-state index in [0.717, 1.165) is 6.54 Å². The van der Waals surface area contributed by atoms with Gasteiger partial charge in [0.05, 0.1) is 11.0 Å². The Hall–Kier alpha value is -4.86.